The maximum absolute atomic E-state index is 13.8. The second-order valence-electron chi connectivity index (χ2n) is 11.6. The molecule has 0 unspecified atom stereocenters. The van der Waals surface area contributed by atoms with Gasteiger partial charge in [-0.2, -0.15) is 13.5 Å². The fraction of sp³-hybridized carbons (Fsp3) is 0.406. The van der Waals surface area contributed by atoms with Crippen molar-refractivity contribution in [3.05, 3.63) is 81.6 Å². The van der Waals surface area contributed by atoms with Crippen molar-refractivity contribution < 1.29 is 41.0 Å². The summed E-state index contributed by atoms with van der Waals surface area (Å²) >= 11 is 12.8. The van der Waals surface area contributed by atoms with Gasteiger partial charge in [-0.15, -0.1) is 0 Å². The lowest BCUT2D eigenvalue weighted by atomic mass is 10.0. The van der Waals surface area contributed by atoms with Crippen molar-refractivity contribution in [1.82, 2.24) is 14.6 Å². The van der Waals surface area contributed by atoms with Crippen molar-refractivity contribution in [2.24, 2.45) is 11.8 Å². The number of carbonyl (C=O) groups excluding carboxylic acids is 2. The van der Waals surface area contributed by atoms with Crippen molar-refractivity contribution in [3.8, 4) is 11.5 Å². The SMILES string of the molecule is CC(C)[C@H](NS(=O)(=O)c1cccc(C(=O)N(C)C)c1)C(=O)O[C@@H](Cc1c(Cl)cncc1Cl)c1ccc(OC(F)F)c(OCC2CC2)c1. The first-order valence-corrected chi connectivity index (χ1v) is 16.9. The van der Waals surface area contributed by atoms with Crippen LogP contribution in [0.2, 0.25) is 10.0 Å². The van der Waals surface area contributed by atoms with Crippen molar-refractivity contribution in [3.63, 3.8) is 0 Å². The highest BCUT2D eigenvalue weighted by Gasteiger charge is 2.33. The summed E-state index contributed by atoms with van der Waals surface area (Å²) in [6, 6.07) is 8.21. The van der Waals surface area contributed by atoms with Crippen LogP contribution in [-0.4, -0.2) is 63.5 Å². The summed E-state index contributed by atoms with van der Waals surface area (Å²) in [6.07, 6.45) is 3.43. The number of esters is 1. The van der Waals surface area contributed by atoms with E-state index in [-0.39, 0.29) is 45.0 Å². The van der Waals surface area contributed by atoms with E-state index in [1.54, 1.807) is 13.8 Å². The number of ether oxygens (including phenoxy) is 3. The number of aromatic nitrogens is 1. The van der Waals surface area contributed by atoms with E-state index < -0.39 is 46.6 Å². The summed E-state index contributed by atoms with van der Waals surface area (Å²) in [4.78, 5) is 31.3. The Bertz CT molecular complexity index is 1690. The van der Waals surface area contributed by atoms with Crippen LogP contribution < -0.4 is 14.2 Å². The predicted molar refractivity (Wildman–Crippen MR) is 171 cm³/mol. The second kappa shape index (κ2) is 15.6. The lowest BCUT2D eigenvalue weighted by molar-refractivity contribution is -0.152. The quantitative estimate of drug-likeness (QED) is 0.182. The number of halogens is 4. The molecule has 0 aliphatic heterocycles. The van der Waals surface area contributed by atoms with Crippen LogP contribution in [0.4, 0.5) is 8.78 Å². The van der Waals surface area contributed by atoms with Gasteiger partial charge in [-0.25, -0.2) is 8.42 Å². The number of benzene rings is 2. The molecule has 1 saturated carbocycles. The van der Waals surface area contributed by atoms with Crippen LogP contribution in [0.3, 0.4) is 0 Å². The van der Waals surface area contributed by atoms with Gasteiger partial charge in [-0.3, -0.25) is 14.6 Å². The van der Waals surface area contributed by atoms with Crippen LogP contribution in [0, 0.1) is 11.8 Å². The molecule has 0 spiro atoms. The van der Waals surface area contributed by atoms with Crippen LogP contribution >= 0.6 is 23.2 Å². The number of carbonyl (C=O) groups is 2. The zero-order valence-electron chi connectivity index (χ0n) is 26.1. The molecule has 0 saturated heterocycles. The number of nitrogens with zero attached hydrogens (tertiary/aromatic N) is 2. The van der Waals surface area contributed by atoms with Gasteiger partial charge in [0.2, 0.25) is 10.0 Å². The monoisotopic (exact) mass is 713 g/mol. The fourth-order valence-corrected chi connectivity index (χ4v) is 6.43. The molecule has 0 radical (unpaired) electrons. The third-order valence-electron chi connectivity index (χ3n) is 7.33. The zero-order valence-corrected chi connectivity index (χ0v) is 28.4. The Morgan fingerprint density at radius 2 is 1.72 bits per heavy atom. The molecule has 47 heavy (non-hydrogen) atoms. The van der Waals surface area contributed by atoms with E-state index >= 15 is 0 Å². The van der Waals surface area contributed by atoms with Crippen LogP contribution in [0.25, 0.3) is 0 Å². The number of pyridine rings is 1. The molecule has 10 nitrogen and oxygen atoms in total. The van der Waals surface area contributed by atoms with Gasteiger partial charge in [0, 0.05) is 38.5 Å². The topological polar surface area (TPSA) is 124 Å². The number of alkyl halides is 2. The fourth-order valence-electron chi connectivity index (χ4n) is 4.53. The molecule has 1 aliphatic rings. The van der Waals surface area contributed by atoms with Gasteiger partial charge in [0.25, 0.3) is 5.91 Å². The first kappa shape index (κ1) is 36.3. The van der Waals surface area contributed by atoms with Gasteiger partial charge in [-0.1, -0.05) is 49.2 Å². The average Bonchev–Trinajstić information content (AvgIpc) is 3.84. The molecular weight excluding hydrogens is 679 g/mol. The Kier molecular flexibility index (Phi) is 12.0. The number of hydrogen-bond donors (Lipinski definition) is 1. The molecule has 1 amide bonds. The first-order chi connectivity index (χ1) is 22.2. The second-order valence-corrected chi connectivity index (χ2v) is 14.1. The Morgan fingerprint density at radius 1 is 1.04 bits per heavy atom. The summed E-state index contributed by atoms with van der Waals surface area (Å²) in [5.74, 6) is -1.79. The third-order valence-corrected chi connectivity index (χ3v) is 9.42. The molecule has 4 rings (SSSR count). The van der Waals surface area contributed by atoms with Crippen LogP contribution in [0.5, 0.6) is 11.5 Å². The molecule has 0 bridgehead atoms. The Labute approximate surface area is 282 Å². The van der Waals surface area contributed by atoms with Crippen molar-refractivity contribution >= 4 is 45.1 Å². The van der Waals surface area contributed by atoms with Crippen LogP contribution in [-0.2, 0) is 26.0 Å². The van der Waals surface area contributed by atoms with Crippen LogP contribution in [0.15, 0.2) is 59.8 Å². The Hall–Kier alpha value is -3.52. The molecule has 1 aliphatic carbocycles. The maximum atomic E-state index is 13.8. The van der Waals surface area contributed by atoms with Crippen molar-refractivity contribution in [1.29, 1.82) is 0 Å². The number of hydrogen-bond acceptors (Lipinski definition) is 8. The Morgan fingerprint density at radius 3 is 2.32 bits per heavy atom. The van der Waals surface area contributed by atoms with Gasteiger partial charge >= 0.3 is 12.6 Å². The van der Waals surface area contributed by atoms with E-state index in [1.807, 2.05) is 0 Å². The van der Waals surface area contributed by atoms with Gasteiger partial charge in [0.15, 0.2) is 11.5 Å². The average molecular weight is 715 g/mol. The standard InChI is InChI=1S/C32H35Cl2F2N3O7S/c1-18(2)29(38-47(42,43)22-7-5-6-21(12-22)30(40)39(3)4)31(41)45-27(14-23-24(33)15-37-16-25(23)34)20-10-11-26(46-32(35)36)28(13-20)44-17-19-8-9-19/h5-7,10-13,15-16,18-19,27,29,32,38H,8-9,14,17H2,1-4H3/t27-,29-/m0/s1. The highest BCUT2D eigenvalue weighted by molar-refractivity contribution is 7.89. The largest absolute Gasteiger partial charge is 0.489 e. The van der Waals surface area contributed by atoms with E-state index in [0.717, 1.165) is 12.8 Å². The summed E-state index contributed by atoms with van der Waals surface area (Å²) in [7, 11) is -1.24. The molecule has 1 aromatic heterocycles. The van der Waals surface area contributed by atoms with E-state index in [4.69, 9.17) is 32.7 Å². The van der Waals surface area contributed by atoms with E-state index in [0.29, 0.717) is 17.0 Å². The highest BCUT2D eigenvalue weighted by atomic mass is 35.5. The maximum Gasteiger partial charge on any atom is 0.387 e. The number of sulfonamides is 1. The number of rotatable bonds is 15. The minimum absolute atomic E-state index is 0.0240. The molecule has 254 valence electrons. The van der Waals surface area contributed by atoms with Gasteiger partial charge in [0.1, 0.15) is 12.1 Å². The summed E-state index contributed by atoms with van der Waals surface area (Å²) in [5, 5.41) is 0.379. The Balaban J connectivity index is 1.67. The minimum atomic E-state index is -4.32. The summed E-state index contributed by atoms with van der Waals surface area (Å²) in [5.41, 5.74) is 0.861. The molecule has 2 aromatic carbocycles. The van der Waals surface area contributed by atoms with Crippen molar-refractivity contribution in [2.45, 2.75) is 56.8 Å². The van der Waals surface area contributed by atoms with E-state index in [2.05, 4.69) is 14.4 Å². The van der Waals surface area contributed by atoms with Gasteiger partial charge in [-0.05, 0) is 66.1 Å². The zero-order chi connectivity index (χ0) is 34.5. The molecule has 3 aromatic rings. The van der Waals surface area contributed by atoms with E-state index in [9.17, 15) is 26.8 Å². The molecule has 2 atom stereocenters. The molecule has 15 heteroatoms. The van der Waals surface area contributed by atoms with Gasteiger partial charge in [0.05, 0.1) is 21.5 Å². The van der Waals surface area contributed by atoms with Crippen LogP contribution in [0.1, 0.15) is 54.3 Å². The highest BCUT2D eigenvalue weighted by Crippen LogP contribution is 2.38. The number of amides is 1. The molecule has 1 heterocycles. The normalized spacial score (nSPS) is 14.5. The molecule has 1 fully saturated rings. The molecule has 1 N–H and O–H groups in total. The third kappa shape index (κ3) is 9.75. The lowest BCUT2D eigenvalue weighted by Crippen LogP contribution is -2.45. The predicted octanol–water partition coefficient (Wildman–Crippen LogP) is 6.31. The summed E-state index contributed by atoms with van der Waals surface area (Å²) < 4.78 is 72.1. The number of nitrogens with one attached hydrogen (secondary N) is 1. The smallest absolute Gasteiger partial charge is 0.387 e. The lowest BCUT2D eigenvalue weighted by Gasteiger charge is -2.26. The van der Waals surface area contributed by atoms with E-state index in [1.165, 1.54) is 73.9 Å². The van der Waals surface area contributed by atoms with Gasteiger partial charge < -0.3 is 19.1 Å². The first-order valence-electron chi connectivity index (χ1n) is 14.7. The molecular formula is C32H35Cl2F2N3O7S. The van der Waals surface area contributed by atoms with Crippen molar-refractivity contribution in [2.75, 3.05) is 20.7 Å². The summed E-state index contributed by atoms with van der Waals surface area (Å²) in [6.45, 7) is 0.445. The minimum Gasteiger partial charge on any atom is -0.489 e.